The quantitative estimate of drug-likeness (QED) is 0.911. The zero-order valence-electron chi connectivity index (χ0n) is 13.6. The highest BCUT2D eigenvalue weighted by Crippen LogP contribution is 2.39. The summed E-state index contributed by atoms with van der Waals surface area (Å²) in [5.41, 5.74) is 0.788. The van der Waals surface area contributed by atoms with Crippen molar-refractivity contribution in [3.63, 3.8) is 0 Å². The van der Waals surface area contributed by atoms with Gasteiger partial charge in [0, 0.05) is 0 Å². The molecule has 1 aliphatic carbocycles. The van der Waals surface area contributed by atoms with Crippen LogP contribution < -0.4 is 0 Å². The molecular weight excluding hydrogens is 278 g/mol. The molecule has 120 valence electrons. The summed E-state index contributed by atoms with van der Waals surface area (Å²) >= 11 is 0. The molecule has 0 unspecified atom stereocenters. The summed E-state index contributed by atoms with van der Waals surface area (Å²) < 4.78 is 5.34. The van der Waals surface area contributed by atoms with Gasteiger partial charge >= 0.3 is 6.09 Å². The number of hydrogen-bond donors (Lipinski definition) is 1. The molecule has 0 aromatic heterocycles. The molecule has 0 spiro atoms. The first-order valence-corrected chi connectivity index (χ1v) is 8.08. The van der Waals surface area contributed by atoms with E-state index in [1.807, 2.05) is 32.9 Å². The zero-order valence-corrected chi connectivity index (χ0v) is 13.6. The van der Waals surface area contributed by atoms with Crippen LogP contribution in [0.3, 0.4) is 0 Å². The van der Waals surface area contributed by atoms with Crippen LogP contribution in [0.1, 0.15) is 57.1 Å². The van der Waals surface area contributed by atoms with Crippen molar-refractivity contribution in [3.05, 3.63) is 35.4 Å². The third kappa shape index (κ3) is 2.98. The number of likely N-dealkylation sites (tertiary alicyclic amines) is 1. The van der Waals surface area contributed by atoms with Gasteiger partial charge in [-0.3, -0.25) is 0 Å². The van der Waals surface area contributed by atoms with Crippen molar-refractivity contribution in [1.29, 1.82) is 0 Å². The van der Waals surface area contributed by atoms with Crippen molar-refractivity contribution >= 4 is 6.09 Å². The molecule has 1 amide bonds. The minimum Gasteiger partial charge on any atom is -0.444 e. The molecular formula is C18H25NO3. The molecule has 4 nitrogen and oxygen atoms in total. The molecule has 1 aromatic rings. The van der Waals surface area contributed by atoms with Gasteiger partial charge in [-0.25, -0.2) is 4.79 Å². The Morgan fingerprint density at radius 3 is 2.55 bits per heavy atom. The number of aliphatic hydroxyl groups is 1. The second-order valence-corrected chi connectivity index (χ2v) is 7.62. The van der Waals surface area contributed by atoms with Gasteiger partial charge in [-0.2, -0.15) is 0 Å². The van der Waals surface area contributed by atoms with Crippen molar-refractivity contribution in [2.75, 3.05) is 13.1 Å². The smallest absolute Gasteiger partial charge is 0.410 e. The van der Waals surface area contributed by atoms with E-state index < -0.39 is 11.2 Å². The fraction of sp³-hybridized carbons (Fsp3) is 0.611. The average Bonchev–Trinajstić information content (AvgIpc) is 2.31. The van der Waals surface area contributed by atoms with Gasteiger partial charge in [0.15, 0.2) is 0 Å². The Hall–Kier alpha value is -1.55. The monoisotopic (exact) mass is 303 g/mol. The molecule has 1 aromatic carbocycles. The average molecular weight is 303 g/mol. The number of rotatable bonds is 2. The summed E-state index contributed by atoms with van der Waals surface area (Å²) in [6, 6.07) is 8.21. The van der Waals surface area contributed by atoms with Crippen LogP contribution in [0.5, 0.6) is 0 Å². The Morgan fingerprint density at radius 2 is 2.00 bits per heavy atom. The first-order valence-electron chi connectivity index (χ1n) is 8.08. The molecule has 22 heavy (non-hydrogen) atoms. The van der Waals surface area contributed by atoms with Gasteiger partial charge in [0.2, 0.25) is 0 Å². The van der Waals surface area contributed by atoms with Gasteiger partial charge in [0.1, 0.15) is 11.2 Å². The molecule has 0 radical (unpaired) electrons. The van der Waals surface area contributed by atoms with Crippen LogP contribution in [-0.4, -0.2) is 34.8 Å². The Bertz CT molecular complexity index is 566. The van der Waals surface area contributed by atoms with E-state index in [0.29, 0.717) is 19.0 Å². The number of benzene rings is 1. The predicted molar refractivity (Wildman–Crippen MR) is 84.7 cm³/mol. The Balaban J connectivity index is 1.65. The number of carbonyl (C=O) groups excluding carboxylic acids is 1. The maximum atomic E-state index is 12.0. The van der Waals surface area contributed by atoms with E-state index in [4.69, 9.17) is 4.74 Å². The van der Waals surface area contributed by atoms with E-state index >= 15 is 0 Å². The lowest BCUT2D eigenvalue weighted by molar-refractivity contribution is -0.103. The summed E-state index contributed by atoms with van der Waals surface area (Å²) in [5, 5.41) is 10.7. The number of β-amino-alcohol motifs (C(OH)–C–C–N with tert-alkyl or cyclic N) is 1. The highest BCUT2D eigenvalue weighted by atomic mass is 16.6. The molecule has 0 atom stereocenters. The van der Waals surface area contributed by atoms with E-state index in [1.54, 1.807) is 4.90 Å². The summed E-state index contributed by atoms with van der Waals surface area (Å²) in [5.74, 6) is 0.644. The standard InChI is InChI=1S/C18H25NO3/c1-17(2,3)22-16(20)19-11-18(21,12-19)15-9-5-8-14(10-15)13-6-4-7-13/h5,8-10,13,21H,4,6-7,11-12H2,1-3H3. The van der Waals surface area contributed by atoms with Crippen molar-refractivity contribution in [2.45, 2.75) is 57.2 Å². The SMILES string of the molecule is CC(C)(C)OC(=O)N1CC(O)(c2cccc(C3CCC3)c2)C1. The summed E-state index contributed by atoms with van der Waals surface area (Å²) in [6.45, 7) is 6.14. The number of hydrogen-bond acceptors (Lipinski definition) is 3. The van der Waals surface area contributed by atoms with Crippen LogP contribution >= 0.6 is 0 Å². The van der Waals surface area contributed by atoms with Crippen LogP contribution in [0.15, 0.2) is 24.3 Å². The zero-order chi connectivity index (χ0) is 16.0. The topological polar surface area (TPSA) is 49.8 Å². The van der Waals surface area contributed by atoms with Crippen LogP contribution in [0.25, 0.3) is 0 Å². The van der Waals surface area contributed by atoms with Crippen LogP contribution in [-0.2, 0) is 10.3 Å². The second-order valence-electron chi connectivity index (χ2n) is 7.62. The molecule has 3 rings (SSSR count). The third-order valence-electron chi connectivity index (χ3n) is 4.56. The molecule has 1 saturated heterocycles. The summed E-state index contributed by atoms with van der Waals surface area (Å²) in [4.78, 5) is 13.5. The number of ether oxygens (including phenoxy) is 1. The van der Waals surface area contributed by atoms with E-state index in [2.05, 4.69) is 12.1 Å². The lowest BCUT2D eigenvalue weighted by Crippen LogP contribution is -2.61. The van der Waals surface area contributed by atoms with Gasteiger partial charge < -0.3 is 14.7 Å². The third-order valence-corrected chi connectivity index (χ3v) is 4.56. The maximum absolute atomic E-state index is 12.0. The lowest BCUT2D eigenvalue weighted by atomic mass is 9.77. The van der Waals surface area contributed by atoms with Gasteiger partial charge in [-0.05, 0) is 50.7 Å². The number of amides is 1. The van der Waals surface area contributed by atoms with Crippen LogP contribution in [0.4, 0.5) is 4.79 Å². The summed E-state index contributed by atoms with van der Waals surface area (Å²) in [7, 11) is 0. The molecule has 2 aliphatic rings. The van der Waals surface area contributed by atoms with Crippen molar-refractivity contribution in [2.24, 2.45) is 0 Å². The molecule has 1 N–H and O–H groups in total. The fourth-order valence-electron chi connectivity index (χ4n) is 3.05. The van der Waals surface area contributed by atoms with Gasteiger partial charge in [0.25, 0.3) is 0 Å². The number of nitrogens with zero attached hydrogens (tertiary/aromatic N) is 1. The first kappa shape index (κ1) is 15.3. The Kier molecular flexibility index (Phi) is 3.68. The summed E-state index contributed by atoms with van der Waals surface area (Å²) in [6.07, 6.45) is 3.43. The van der Waals surface area contributed by atoms with E-state index in [-0.39, 0.29) is 6.09 Å². The van der Waals surface area contributed by atoms with Crippen molar-refractivity contribution in [1.82, 2.24) is 4.90 Å². The highest BCUT2D eigenvalue weighted by molar-refractivity contribution is 5.70. The van der Waals surface area contributed by atoms with Crippen LogP contribution in [0, 0.1) is 0 Å². The molecule has 4 heteroatoms. The fourth-order valence-corrected chi connectivity index (χ4v) is 3.05. The minimum atomic E-state index is -0.934. The predicted octanol–water partition coefficient (Wildman–Crippen LogP) is 3.39. The Labute approximate surface area is 132 Å². The molecule has 1 saturated carbocycles. The molecule has 1 aliphatic heterocycles. The minimum absolute atomic E-state index is 0.302. The molecule has 1 heterocycles. The van der Waals surface area contributed by atoms with Crippen molar-refractivity contribution in [3.8, 4) is 0 Å². The largest absolute Gasteiger partial charge is 0.444 e. The lowest BCUT2D eigenvalue weighted by Gasteiger charge is -2.46. The molecule has 2 fully saturated rings. The van der Waals surface area contributed by atoms with Gasteiger partial charge in [0.05, 0.1) is 13.1 Å². The Morgan fingerprint density at radius 1 is 1.32 bits per heavy atom. The first-order chi connectivity index (χ1) is 10.3. The second kappa shape index (κ2) is 5.27. The number of carbonyl (C=O) groups is 1. The highest BCUT2D eigenvalue weighted by Gasteiger charge is 2.46. The van der Waals surface area contributed by atoms with Crippen molar-refractivity contribution < 1.29 is 14.6 Å². The molecule has 0 bridgehead atoms. The van der Waals surface area contributed by atoms with E-state index in [9.17, 15) is 9.90 Å². The van der Waals surface area contributed by atoms with Gasteiger partial charge in [-0.15, -0.1) is 0 Å². The van der Waals surface area contributed by atoms with E-state index in [0.717, 1.165) is 5.56 Å². The maximum Gasteiger partial charge on any atom is 0.410 e. The van der Waals surface area contributed by atoms with Gasteiger partial charge in [-0.1, -0.05) is 30.7 Å². The van der Waals surface area contributed by atoms with Crippen LogP contribution in [0.2, 0.25) is 0 Å². The normalized spacial score (nSPS) is 21.0. The van der Waals surface area contributed by atoms with E-state index in [1.165, 1.54) is 24.8 Å².